The molecule has 0 aromatic heterocycles. The molecular weight excluding hydrogens is 266 g/mol. The Bertz CT molecular complexity index is 482. The number of hydrogen-bond acceptors (Lipinski definition) is 3. The molecule has 1 heterocycles. The molecule has 1 amide bonds. The molecular formula is C14H18F2N2O2. The summed E-state index contributed by atoms with van der Waals surface area (Å²) in [6.45, 7) is 3.02. The van der Waals surface area contributed by atoms with Crippen LogP contribution in [0.1, 0.15) is 16.8 Å². The van der Waals surface area contributed by atoms with Crippen molar-refractivity contribution in [1.82, 2.24) is 9.80 Å². The Morgan fingerprint density at radius 3 is 2.75 bits per heavy atom. The molecule has 1 saturated heterocycles. The van der Waals surface area contributed by atoms with Gasteiger partial charge in [-0.25, -0.2) is 8.78 Å². The molecule has 0 bridgehead atoms. The van der Waals surface area contributed by atoms with Gasteiger partial charge in [0.15, 0.2) is 11.6 Å². The fraction of sp³-hybridized carbons (Fsp3) is 0.500. The maximum absolute atomic E-state index is 13.6. The highest BCUT2D eigenvalue weighted by atomic mass is 19.2. The number of nitrogens with zero attached hydrogens (tertiary/aromatic N) is 2. The Labute approximate surface area is 116 Å². The van der Waals surface area contributed by atoms with Crippen LogP contribution in [0.15, 0.2) is 18.2 Å². The second kappa shape index (κ2) is 6.76. The number of amides is 1. The van der Waals surface area contributed by atoms with E-state index < -0.39 is 17.5 Å². The molecule has 1 fully saturated rings. The van der Waals surface area contributed by atoms with Gasteiger partial charge in [0.2, 0.25) is 0 Å². The van der Waals surface area contributed by atoms with Gasteiger partial charge in [-0.3, -0.25) is 9.69 Å². The molecule has 0 radical (unpaired) electrons. The summed E-state index contributed by atoms with van der Waals surface area (Å²) in [6, 6.07) is 3.64. The summed E-state index contributed by atoms with van der Waals surface area (Å²) < 4.78 is 26.8. The largest absolute Gasteiger partial charge is 0.395 e. The Hall–Kier alpha value is -1.53. The van der Waals surface area contributed by atoms with Crippen LogP contribution in [0.3, 0.4) is 0 Å². The van der Waals surface area contributed by atoms with Crippen molar-refractivity contribution in [3.8, 4) is 0 Å². The number of aliphatic hydroxyl groups excluding tert-OH is 1. The Morgan fingerprint density at radius 2 is 2.00 bits per heavy atom. The zero-order valence-corrected chi connectivity index (χ0v) is 11.2. The molecule has 1 N–H and O–H groups in total. The Morgan fingerprint density at radius 1 is 1.20 bits per heavy atom. The van der Waals surface area contributed by atoms with Crippen molar-refractivity contribution >= 4 is 5.91 Å². The predicted octanol–water partition coefficient (Wildman–Crippen LogP) is 1.10. The van der Waals surface area contributed by atoms with E-state index in [-0.39, 0.29) is 12.2 Å². The van der Waals surface area contributed by atoms with E-state index >= 15 is 0 Å². The minimum Gasteiger partial charge on any atom is -0.395 e. The van der Waals surface area contributed by atoms with E-state index in [2.05, 4.69) is 4.90 Å². The Balaban J connectivity index is 2.07. The van der Waals surface area contributed by atoms with Gasteiger partial charge in [-0.05, 0) is 25.1 Å². The van der Waals surface area contributed by atoms with Crippen molar-refractivity contribution in [3.63, 3.8) is 0 Å². The third kappa shape index (κ3) is 3.32. The first kappa shape index (κ1) is 14.9. The topological polar surface area (TPSA) is 43.8 Å². The monoisotopic (exact) mass is 284 g/mol. The van der Waals surface area contributed by atoms with E-state index in [1.165, 1.54) is 17.0 Å². The fourth-order valence-electron chi connectivity index (χ4n) is 2.38. The van der Waals surface area contributed by atoms with Crippen molar-refractivity contribution in [3.05, 3.63) is 35.4 Å². The van der Waals surface area contributed by atoms with Gasteiger partial charge in [-0.15, -0.1) is 0 Å². The number of halogens is 2. The first-order chi connectivity index (χ1) is 9.63. The van der Waals surface area contributed by atoms with E-state index in [1.807, 2.05) is 0 Å². The quantitative estimate of drug-likeness (QED) is 0.904. The average molecular weight is 284 g/mol. The van der Waals surface area contributed by atoms with Crippen LogP contribution >= 0.6 is 0 Å². The summed E-state index contributed by atoms with van der Waals surface area (Å²) in [6.07, 6.45) is 0.753. The number of rotatable bonds is 3. The van der Waals surface area contributed by atoms with Crippen LogP contribution in [0.2, 0.25) is 0 Å². The molecule has 0 unspecified atom stereocenters. The number of carbonyl (C=O) groups excluding carboxylic acids is 1. The van der Waals surface area contributed by atoms with E-state index in [4.69, 9.17) is 5.11 Å². The standard InChI is InChI=1S/C14H18F2N2O2/c15-12-4-1-3-11(13(12)16)14(20)18-6-2-5-17(7-8-18)9-10-19/h1,3-4,19H,2,5-10H2. The normalized spacial score (nSPS) is 17.1. The van der Waals surface area contributed by atoms with Crippen LogP contribution in [-0.4, -0.2) is 60.1 Å². The zero-order chi connectivity index (χ0) is 14.5. The van der Waals surface area contributed by atoms with Crippen LogP contribution in [0.4, 0.5) is 8.78 Å². The maximum Gasteiger partial charge on any atom is 0.256 e. The lowest BCUT2D eigenvalue weighted by atomic mass is 10.1. The molecule has 1 aromatic carbocycles. The highest BCUT2D eigenvalue weighted by Gasteiger charge is 2.23. The van der Waals surface area contributed by atoms with E-state index in [1.54, 1.807) is 0 Å². The highest BCUT2D eigenvalue weighted by molar-refractivity contribution is 5.94. The van der Waals surface area contributed by atoms with E-state index in [9.17, 15) is 13.6 Å². The minimum absolute atomic E-state index is 0.0759. The third-order valence-electron chi connectivity index (χ3n) is 3.47. The summed E-state index contributed by atoms with van der Waals surface area (Å²) in [7, 11) is 0. The molecule has 6 heteroatoms. The molecule has 1 aromatic rings. The van der Waals surface area contributed by atoms with Crippen LogP contribution < -0.4 is 0 Å². The van der Waals surface area contributed by atoms with Crippen molar-refractivity contribution in [2.75, 3.05) is 39.3 Å². The lowest BCUT2D eigenvalue weighted by Crippen LogP contribution is -2.36. The van der Waals surface area contributed by atoms with Crippen LogP contribution in [-0.2, 0) is 0 Å². The van der Waals surface area contributed by atoms with Crippen molar-refractivity contribution in [1.29, 1.82) is 0 Å². The molecule has 20 heavy (non-hydrogen) atoms. The number of aliphatic hydroxyl groups is 1. The third-order valence-corrected chi connectivity index (χ3v) is 3.47. The number of hydrogen-bond donors (Lipinski definition) is 1. The molecule has 1 aliphatic rings. The number of benzene rings is 1. The van der Waals surface area contributed by atoms with Gasteiger partial charge >= 0.3 is 0 Å². The summed E-state index contributed by atoms with van der Waals surface area (Å²) >= 11 is 0. The smallest absolute Gasteiger partial charge is 0.256 e. The maximum atomic E-state index is 13.6. The lowest BCUT2D eigenvalue weighted by Gasteiger charge is -2.21. The van der Waals surface area contributed by atoms with Gasteiger partial charge in [0.25, 0.3) is 5.91 Å². The molecule has 2 rings (SSSR count). The van der Waals surface area contributed by atoms with Crippen molar-refractivity contribution in [2.24, 2.45) is 0 Å². The van der Waals surface area contributed by atoms with Crippen LogP contribution in [0.5, 0.6) is 0 Å². The molecule has 0 saturated carbocycles. The van der Waals surface area contributed by atoms with Gasteiger partial charge in [0, 0.05) is 26.2 Å². The molecule has 0 aliphatic carbocycles. The molecule has 110 valence electrons. The second-order valence-electron chi connectivity index (χ2n) is 4.81. The summed E-state index contributed by atoms with van der Waals surface area (Å²) in [4.78, 5) is 15.8. The van der Waals surface area contributed by atoms with Crippen molar-refractivity contribution in [2.45, 2.75) is 6.42 Å². The molecule has 0 atom stereocenters. The van der Waals surface area contributed by atoms with E-state index in [0.29, 0.717) is 26.2 Å². The number of β-amino-alcohol motifs (C(OH)–C–C–N with tert-alkyl or cyclic N) is 1. The predicted molar refractivity (Wildman–Crippen MR) is 70.4 cm³/mol. The van der Waals surface area contributed by atoms with Gasteiger partial charge < -0.3 is 10.0 Å². The summed E-state index contributed by atoms with van der Waals surface area (Å²) in [5.41, 5.74) is -0.222. The van der Waals surface area contributed by atoms with E-state index in [0.717, 1.165) is 19.0 Å². The molecule has 4 nitrogen and oxygen atoms in total. The summed E-state index contributed by atoms with van der Waals surface area (Å²) in [5, 5.41) is 8.92. The molecule has 0 spiro atoms. The first-order valence-electron chi connectivity index (χ1n) is 6.70. The van der Waals surface area contributed by atoms with Crippen molar-refractivity contribution < 1.29 is 18.7 Å². The average Bonchev–Trinajstić information content (AvgIpc) is 2.67. The SMILES string of the molecule is O=C(c1cccc(F)c1F)N1CCCN(CCO)CC1. The van der Waals surface area contributed by atoms with Crippen LogP contribution in [0, 0.1) is 11.6 Å². The Kier molecular flexibility index (Phi) is 5.03. The summed E-state index contributed by atoms with van der Waals surface area (Å²) in [5.74, 6) is -2.57. The lowest BCUT2D eigenvalue weighted by molar-refractivity contribution is 0.0754. The van der Waals surface area contributed by atoms with Gasteiger partial charge in [0.1, 0.15) is 0 Å². The molecule has 1 aliphatic heterocycles. The zero-order valence-electron chi connectivity index (χ0n) is 11.2. The second-order valence-corrected chi connectivity index (χ2v) is 4.81. The van der Waals surface area contributed by atoms with Gasteiger partial charge in [-0.2, -0.15) is 0 Å². The first-order valence-corrected chi connectivity index (χ1v) is 6.70. The highest BCUT2D eigenvalue weighted by Crippen LogP contribution is 2.15. The fourth-order valence-corrected chi connectivity index (χ4v) is 2.38. The minimum atomic E-state index is -1.09. The number of carbonyl (C=O) groups is 1. The van der Waals surface area contributed by atoms with Gasteiger partial charge in [-0.1, -0.05) is 6.07 Å². The van der Waals surface area contributed by atoms with Crippen LogP contribution in [0.25, 0.3) is 0 Å². The van der Waals surface area contributed by atoms with Gasteiger partial charge in [0.05, 0.1) is 12.2 Å².